The monoisotopic (exact) mass is 261 g/mol. The second kappa shape index (κ2) is 5.89. The maximum Gasteiger partial charge on any atom is 0.0503 e. The average Bonchev–Trinajstić information content (AvgIpc) is 2.39. The van der Waals surface area contributed by atoms with Crippen LogP contribution in [-0.4, -0.2) is 13.7 Å². The highest BCUT2D eigenvalue weighted by atomic mass is 35.5. The van der Waals surface area contributed by atoms with Gasteiger partial charge >= 0.3 is 0 Å². The van der Waals surface area contributed by atoms with Crippen LogP contribution in [0, 0.1) is 0 Å². The minimum atomic E-state index is 0.663. The molecular formula is C15H16ClNO. The number of halogens is 1. The Hall–Kier alpha value is -1.51. The smallest absolute Gasteiger partial charge is 0.0503 e. The Morgan fingerprint density at radius 1 is 1.06 bits per heavy atom. The van der Waals surface area contributed by atoms with E-state index in [0.29, 0.717) is 11.6 Å². The number of para-hydroxylation sites is 1. The summed E-state index contributed by atoms with van der Waals surface area (Å²) < 4.78 is 5.09. The van der Waals surface area contributed by atoms with Gasteiger partial charge < -0.3 is 10.5 Å². The summed E-state index contributed by atoms with van der Waals surface area (Å²) in [6, 6.07) is 13.7. The van der Waals surface area contributed by atoms with Crippen molar-refractivity contribution in [2.24, 2.45) is 0 Å². The van der Waals surface area contributed by atoms with Gasteiger partial charge in [-0.25, -0.2) is 0 Å². The van der Waals surface area contributed by atoms with Crippen LogP contribution in [-0.2, 0) is 11.2 Å². The Balaban J connectivity index is 2.43. The Kier molecular flexibility index (Phi) is 4.24. The van der Waals surface area contributed by atoms with Crippen molar-refractivity contribution in [1.29, 1.82) is 0 Å². The molecule has 0 amide bonds. The minimum Gasteiger partial charge on any atom is -0.398 e. The Morgan fingerprint density at radius 3 is 2.50 bits per heavy atom. The molecule has 0 saturated heterocycles. The molecule has 0 aromatic heterocycles. The number of methoxy groups -OCH3 is 1. The number of nitrogen functional groups attached to an aromatic ring is 1. The van der Waals surface area contributed by atoms with E-state index in [1.807, 2.05) is 42.5 Å². The topological polar surface area (TPSA) is 35.2 Å². The first-order chi connectivity index (χ1) is 8.74. The van der Waals surface area contributed by atoms with E-state index in [9.17, 15) is 0 Å². The fourth-order valence-electron chi connectivity index (χ4n) is 1.96. The maximum absolute atomic E-state index is 6.21. The maximum atomic E-state index is 6.21. The number of hydrogen-bond acceptors (Lipinski definition) is 2. The van der Waals surface area contributed by atoms with E-state index >= 15 is 0 Å². The zero-order chi connectivity index (χ0) is 13.0. The van der Waals surface area contributed by atoms with Gasteiger partial charge in [0.2, 0.25) is 0 Å². The molecule has 3 heteroatoms. The Bertz CT molecular complexity index is 540. The standard InChI is InChI=1S/C15H16ClNO/c1-18-10-9-11-5-4-7-13(15(11)17)12-6-2-3-8-14(12)16/h2-8H,9-10,17H2,1H3. The van der Waals surface area contributed by atoms with E-state index in [1.165, 1.54) is 0 Å². The first-order valence-corrected chi connectivity index (χ1v) is 6.23. The van der Waals surface area contributed by atoms with Gasteiger partial charge in [0.05, 0.1) is 6.61 Å². The lowest BCUT2D eigenvalue weighted by Gasteiger charge is -2.12. The lowest BCUT2D eigenvalue weighted by atomic mass is 9.99. The summed E-state index contributed by atoms with van der Waals surface area (Å²) in [6.07, 6.45) is 0.806. The van der Waals surface area contributed by atoms with E-state index in [-0.39, 0.29) is 0 Å². The number of benzene rings is 2. The van der Waals surface area contributed by atoms with Gasteiger partial charge in [0.25, 0.3) is 0 Å². The van der Waals surface area contributed by atoms with Crippen LogP contribution in [0.4, 0.5) is 5.69 Å². The zero-order valence-corrected chi connectivity index (χ0v) is 11.1. The lowest BCUT2D eigenvalue weighted by Crippen LogP contribution is -2.01. The molecule has 0 saturated carbocycles. The molecular weight excluding hydrogens is 246 g/mol. The van der Waals surface area contributed by atoms with E-state index in [1.54, 1.807) is 7.11 Å². The van der Waals surface area contributed by atoms with E-state index in [2.05, 4.69) is 0 Å². The summed E-state index contributed by atoms with van der Waals surface area (Å²) in [6.45, 7) is 0.663. The normalized spacial score (nSPS) is 10.6. The van der Waals surface area contributed by atoms with Crippen molar-refractivity contribution in [2.45, 2.75) is 6.42 Å². The number of rotatable bonds is 4. The summed E-state index contributed by atoms with van der Waals surface area (Å²) in [7, 11) is 1.69. The van der Waals surface area contributed by atoms with Crippen LogP contribution in [0.1, 0.15) is 5.56 Å². The van der Waals surface area contributed by atoms with Crippen LogP contribution in [0.2, 0.25) is 5.02 Å². The third-order valence-electron chi connectivity index (χ3n) is 2.94. The van der Waals surface area contributed by atoms with Crippen LogP contribution in [0.3, 0.4) is 0 Å². The van der Waals surface area contributed by atoms with Crippen molar-refractivity contribution < 1.29 is 4.74 Å². The first-order valence-electron chi connectivity index (χ1n) is 5.85. The van der Waals surface area contributed by atoms with Gasteiger partial charge in [0, 0.05) is 28.9 Å². The summed E-state index contributed by atoms with van der Waals surface area (Å²) in [5.41, 5.74) is 10.0. The largest absolute Gasteiger partial charge is 0.398 e. The molecule has 2 aromatic carbocycles. The highest BCUT2D eigenvalue weighted by molar-refractivity contribution is 6.33. The highest BCUT2D eigenvalue weighted by Crippen LogP contribution is 2.33. The third kappa shape index (κ3) is 2.66. The number of hydrogen-bond donors (Lipinski definition) is 1. The fraction of sp³-hybridized carbons (Fsp3) is 0.200. The van der Waals surface area contributed by atoms with Crippen LogP contribution in [0.15, 0.2) is 42.5 Å². The van der Waals surface area contributed by atoms with E-state index in [4.69, 9.17) is 22.1 Å². The van der Waals surface area contributed by atoms with Crippen LogP contribution in [0.5, 0.6) is 0 Å². The van der Waals surface area contributed by atoms with Crippen LogP contribution < -0.4 is 5.73 Å². The van der Waals surface area contributed by atoms with Crippen molar-refractivity contribution in [3.8, 4) is 11.1 Å². The van der Waals surface area contributed by atoms with Gasteiger partial charge in [0.15, 0.2) is 0 Å². The first kappa shape index (κ1) is 12.9. The Labute approximate surface area is 112 Å². The van der Waals surface area contributed by atoms with Crippen molar-refractivity contribution in [3.63, 3.8) is 0 Å². The quantitative estimate of drug-likeness (QED) is 0.850. The molecule has 2 nitrogen and oxygen atoms in total. The molecule has 0 aliphatic rings. The molecule has 0 fully saturated rings. The second-order valence-corrected chi connectivity index (χ2v) is 4.51. The number of anilines is 1. The van der Waals surface area contributed by atoms with E-state index in [0.717, 1.165) is 28.8 Å². The molecule has 2 N–H and O–H groups in total. The summed E-state index contributed by atoms with van der Waals surface area (Å²) >= 11 is 6.21. The summed E-state index contributed by atoms with van der Waals surface area (Å²) in [5, 5.41) is 0.716. The van der Waals surface area contributed by atoms with Gasteiger partial charge in [-0.15, -0.1) is 0 Å². The molecule has 0 unspecified atom stereocenters. The highest BCUT2D eigenvalue weighted by Gasteiger charge is 2.09. The van der Waals surface area contributed by atoms with Gasteiger partial charge in [0.1, 0.15) is 0 Å². The number of ether oxygens (including phenoxy) is 1. The van der Waals surface area contributed by atoms with Crippen LogP contribution in [0.25, 0.3) is 11.1 Å². The molecule has 18 heavy (non-hydrogen) atoms. The SMILES string of the molecule is COCCc1cccc(-c2ccccc2Cl)c1N. The molecule has 0 aliphatic heterocycles. The number of nitrogens with two attached hydrogens (primary N) is 1. The predicted molar refractivity (Wildman–Crippen MR) is 76.9 cm³/mol. The van der Waals surface area contributed by atoms with Crippen molar-refractivity contribution in [2.75, 3.05) is 19.5 Å². The molecule has 0 radical (unpaired) electrons. The predicted octanol–water partition coefficient (Wildman–Crippen LogP) is 3.78. The molecule has 0 aliphatic carbocycles. The second-order valence-electron chi connectivity index (χ2n) is 4.10. The van der Waals surface area contributed by atoms with Gasteiger partial charge in [-0.05, 0) is 18.1 Å². The summed E-state index contributed by atoms with van der Waals surface area (Å²) in [4.78, 5) is 0. The van der Waals surface area contributed by atoms with Gasteiger partial charge in [-0.2, -0.15) is 0 Å². The van der Waals surface area contributed by atoms with Crippen molar-refractivity contribution in [1.82, 2.24) is 0 Å². The fourth-order valence-corrected chi connectivity index (χ4v) is 2.20. The zero-order valence-electron chi connectivity index (χ0n) is 10.3. The van der Waals surface area contributed by atoms with Crippen molar-refractivity contribution >= 4 is 17.3 Å². The molecule has 0 bridgehead atoms. The summed E-state index contributed by atoms with van der Waals surface area (Å²) in [5.74, 6) is 0. The van der Waals surface area contributed by atoms with Crippen LogP contribution >= 0.6 is 11.6 Å². The van der Waals surface area contributed by atoms with E-state index < -0.39 is 0 Å². The minimum absolute atomic E-state index is 0.663. The van der Waals surface area contributed by atoms with Crippen molar-refractivity contribution in [3.05, 3.63) is 53.1 Å². The lowest BCUT2D eigenvalue weighted by molar-refractivity contribution is 0.202. The van der Waals surface area contributed by atoms with Gasteiger partial charge in [-0.1, -0.05) is 48.0 Å². The Morgan fingerprint density at radius 2 is 1.78 bits per heavy atom. The molecule has 94 valence electrons. The molecule has 2 rings (SSSR count). The molecule has 0 heterocycles. The third-order valence-corrected chi connectivity index (χ3v) is 3.27. The average molecular weight is 262 g/mol. The molecule has 0 spiro atoms. The molecule has 2 aromatic rings. The molecule has 0 atom stereocenters. The van der Waals surface area contributed by atoms with Gasteiger partial charge in [-0.3, -0.25) is 0 Å².